The second kappa shape index (κ2) is 6.90. The Bertz CT molecular complexity index is 423. The molecular formula is C14H23NOS. The highest BCUT2D eigenvalue weighted by Crippen LogP contribution is 2.16. The van der Waals surface area contributed by atoms with Gasteiger partial charge >= 0.3 is 0 Å². The van der Waals surface area contributed by atoms with Crippen molar-refractivity contribution in [2.45, 2.75) is 64.4 Å². The fourth-order valence-electron chi connectivity index (χ4n) is 1.98. The predicted molar refractivity (Wildman–Crippen MR) is 76.2 cm³/mol. The Balaban J connectivity index is 3.08. The molecular weight excluding hydrogens is 230 g/mol. The molecule has 1 aromatic heterocycles. The molecule has 0 fully saturated rings. The van der Waals surface area contributed by atoms with E-state index in [1.807, 2.05) is 6.92 Å². The topological polar surface area (TPSA) is 22.0 Å². The SMILES string of the molecule is CCCCc1c(S)n(CCCC)c(C)cc1=O. The lowest BCUT2D eigenvalue weighted by Gasteiger charge is -2.16. The van der Waals surface area contributed by atoms with E-state index < -0.39 is 0 Å². The van der Waals surface area contributed by atoms with E-state index in [-0.39, 0.29) is 5.43 Å². The van der Waals surface area contributed by atoms with Crippen molar-refractivity contribution in [2.24, 2.45) is 0 Å². The maximum Gasteiger partial charge on any atom is 0.186 e. The minimum absolute atomic E-state index is 0.147. The Kier molecular flexibility index (Phi) is 5.83. The molecule has 0 atom stereocenters. The van der Waals surface area contributed by atoms with Gasteiger partial charge in [-0.25, -0.2) is 0 Å². The lowest BCUT2D eigenvalue weighted by Crippen LogP contribution is -2.18. The zero-order valence-electron chi connectivity index (χ0n) is 11.1. The Labute approximate surface area is 109 Å². The van der Waals surface area contributed by atoms with Crippen molar-refractivity contribution in [3.05, 3.63) is 27.5 Å². The van der Waals surface area contributed by atoms with Gasteiger partial charge in [0.15, 0.2) is 5.43 Å². The number of pyridine rings is 1. The molecule has 0 N–H and O–H groups in total. The minimum atomic E-state index is 0.147. The molecule has 0 radical (unpaired) electrons. The summed E-state index contributed by atoms with van der Waals surface area (Å²) in [4.78, 5) is 11.9. The quantitative estimate of drug-likeness (QED) is 0.769. The maximum absolute atomic E-state index is 11.9. The Morgan fingerprint density at radius 1 is 1.24 bits per heavy atom. The highest BCUT2D eigenvalue weighted by molar-refractivity contribution is 7.80. The molecule has 0 aliphatic heterocycles. The van der Waals surface area contributed by atoms with Gasteiger partial charge in [-0.15, -0.1) is 12.6 Å². The van der Waals surface area contributed by atoms with Gasteiger partial charge in [-0.1, -0.05) is 26.7 Å². The molecule has 3 heteroatoms. The van der Waals surface area contributed by atoms with E-state index in [0.29, 0.717) is 0 Å². The molecule has 0 aliphatic rings. The average molecular weight is 253 g/mol. The molecule has 0 saturated carbocycles. The number of unbranched alkanes of at least 4 members (excludes halogenated alkanes) is 2. The second-order valence-electron chi connectivity index (χ2n) is 4.56. The lowest BCUT2D eigenvalue weighted by atomic mass is 10.1. The molecule has 0 aromatic carbocycles. The number of thiol groups is 1. The van der Waals surface area contributed by atoms with Gasteiger partial charge in [0.25, 0.3) is 0 Å². The zero-order valence-corrected chi connectivity index (χ0v) is 12.0. The van der Waals surface area contributed by atoms with E-state index in [1.54, 1.807) is 6.07 Å². The summed E-state index contributed by atoms with van der Waals surface area (Å²) >= 11 is 4.56. The number of hydrogen-bond donors (Lipinski definition) is 1. The van der Waals surface area contributed by atoms with Crippen LogP contribution in [0.3, 0.4) is 0 Å². The third-order valence-electron chi connectivity index (χ3n) is 3.10. The molecule has 0 spiro atoms. The summed E-state index contributed by atoms with van der Waals surface area (Å²) < 4.78 is 2.17. The van der Waals surface area contributed by atoms with Crippen LogP contribution in [0, 0.1) is 6.92 Å². The molecule has 0 unspecified atom stereocenters. The standard InChI is InChI=1S/C14H23NOS/c1-4-6-8-12-13(16)10-11(3)15(14(12)17)9-7-5-2/h10,17H,4-9H2,1-3H3. The lowest BCUT2D eigenvalue weighted by molar-refractivity contribution is 0.563. The molecule has 17 heavy (non-hydrogen) atoms. The van der Waals surface area contributed by atoms with Crippen LogP contribution in [0.4, 0.5) is 0 Å². The molecule has 96 valence electrons. The summed E-state index contributed by atoms with van der Waals surface area (Å²) in [5.41, 5.74) is 2.05. The Morgan fingerprint density at radius 2 is 1.88 bits per heavy atom. The molecule has 0 bridgehead atoms. The van der Waals surface area contributed by atoms with Gasteiger partial charge in [0, 0.05) is 23.9 Å². The van der Waals surface area contributed by atoms with Gasteiger partial charge in [-0.2, -0.15) is 0 Å². The van der Waals surface area contributed by atoms with E-state index in [4.69, 9.17) is 0 Å². The molecule has 0 aliphatic carbocycles. The number of aryl methyl sites for hydroxylation is 1. The monoisotopic (exact) mass is 253 g/mol. The van der Waals surface area contributed by atoms with Gasteiger partial charge in [0.1, 0.15) is 0 Å². The maximum atomic E-state index is 11.9. The van der Waals surface area contributed by atoms with Crippen molar-refractivity contribution in [1.29, 1.82) is 0 Å². The molecule has 0 saturated heterocycles. The first-order valence-corrected chi connectivity index (χ1v) is 6.98. The van der Waals surface area contributed by atoms with Crippen LogP contribution >= 0.6 is 12.6 Å². The van der Waals surface area contributed by atoms with Crippen LogP contribution < -0.4 is 5.43 Å². The van der Waals surface area contributed by atoms with Crippen LogP contribution in [0.15, 0.2) is 15.9 Å². The van der Waals surface area contributed by atoms with Gasteiger partial charge in [-0.3, -0.25) is 4.79 Å². The summed E-state index contributed by atoms with van der Waals surface area (Å²) in [6, 6.07) is 1.75. The molecule has 2 nitrogen and oxygen atoms in total. The summed E-state index contributed by atoms with van der Waals surface area (Å²) in [6.07, 6.45) is 5.29. The summed E-state index contributed by atoms with van der Waals surface area (Å²) in [5.74, 6) is 0. The summed E-state index contributed by atoms with van der Waals surface area (Å²) in [5, 5.41) is 0.872. The molecule has 1 aromatic rings. The van der Waals surface area contributed by atoms with Crippen LogP contribution in [0.2, 0.25) is 0 Å². The first-order chi connectivity index (χ1) is 8.11. The molecule has 0 amide bonds. The van der Waals surface area contributed by atoms with Gasteiger partial charge in [0.05, 0.1) is 5.03 Å². The average Bonchev–Trinajstić information content (AvgIpc) is 2.28. The van der Waals surface area contributed by atoms with Crippen LogP contribution in [0.25, 0.3) is 0 Å². The summed E-state index contributed by atoms with van der Waals surface area (Å²) in [6.45, 7) is 7.26. The van der Waals surface area contributed by atoms with Crippen LogP contribution in [-0.4, -0.2) is 4.57 Å². The first kappa shape index (κ1) is 14.4. The minimum Gasteiger partial charge on any atom is -0.340 e. The predicted octanol–water partition coefficient (Wildman–Crippen LogP) is 3.59. The highest BCUT2D eigenvalue weighted by Gasteiger charge is 2.10. The Hall–Kier alpha value is -0.700. The third kappa shape index (κ3) is 3.63. The number of aromatic nitrogens is 1. The van der Waals surface area contributed by atoms with Crippen molar-refractivity contribution in [3.8, 4) is 0 Å². The first-order valence-electron chi connectivity index (χ1n) is 6.54. The van der Waals surface area contributed by atoms with E-state index >= 15 is 0 Å². The van der Waals surface area contributed by atoms with Crippen LogP contribution in [0.5, 0.6) is 0 Å². The highest BCUT2D eigenvalue weighted by atomic mass is 32.1. The number of hydrogen-bond acceptors (Lipinski definition) is 2. The number of nitrogens with zero attached hydrogens (tertiary/aromatic N) is 1. The summed E-state index contributed by atoms with van der Waals surface area (Å²) in [7, 11) is 0. The van der Waals surface area contributed by atoms with Gasteiger partial charge < -0.3 is 4.57 Å². The smallest absolute Gasteiger partial charge is 0.186 e. The third-order valence-corrected chi connectivity index (χ3v) is 3.62. The van der Waals surface area contributed by atoms with Crippen molar-refractivity contribution in [1.82, 2.24) is 4.57 Å². The van der Waals surface area contributed by atoms with Crippen LogP contribution in [0.1, 0.15) is 50.8 Å². The van der Waals surface area contributed by atoms with E-state index in [2.05, 4.69) is 31.0 Å². The number of rotatable bonds is 6. The van der Waals surface area contributed by atoms with E-state index in [9.17, 15) is 4.79 Å². The van der Waals surface area contributed by atoms with Crippen molar-refractivity contribution >= 4 is 12.6 Å². The normalized spacial score (nSPS) is 10.8. The van der Waals surface area contributed by atoms with Crippen molar-refractivity contribution in [3.63, 3.8) is 0 Å². The van der Waals surface area contributed by atoms with Crippen LogP contribution in [-0.2, 0) is 13.0 Å². The van der Waals surface area contributed by atoms with Gasteiger partial charge in [0.2, 0.25) is 0 Å². The van der Waals surface area contributed by atoms with E-state index in [0.717, 1.165) is 54.9 Å². The van der Waals surface area contributed by atoms with Crippen molar-refractivity contribution < 1.29 is 0 Å². The Morgan fingerprint density at radius 3 is 2.47 bits per heavy atom. The van der Waals surface area contributed by atoms with E-state index in [1.165, 1.54) is 0 Å². The fraction of sp³-hybridized carbons (Fsp3) is 0.643. The van der Waals surface area contributed by atoms with Crippen molar-refractivity contribution in [2.75, 3.05) is 0 Å². The zero-order chi connectivity index (χ0) is 12.8. The largest absolute Gasteiger partial charge is 0.340 e. The molecule has 1 rings (SSSR count). The molecule has 1 heterocycles. The second-order valence-corrected chi connectivity index (χ2v) is 4.98. The fourth-order valence-corrected chi connectivity index (χ4v) is 2.46. The van der Waals surface area contributed by atoms with Gasteiger partial charge in [-0.05, 0) is 26.2 Å².